The fourth-order valence-electron chi connectivity index (χ4n) is 1.69. The first-order valence-corrected chi connectivity index (χ1v) is 5.39. The molecule has 0 bridgehead atoms. The monoisotopic (exact) mass is 255 g/mol. The highest BCUT2D eigenvalue weighted by atomic mass is 19.2. The van der Waals surface area contributed by atoms with Gasteiger partial charge in [-0.05, 0) is 19.9 Å². The molecule has 0 aliphatic heterocycles. The van der Waals surface area contributed by atoms with E-state index in [1.165, 1.54) is 6.33 Å². The summed E-state index contributed by atoms with van der Waals surface area (Å²) < 4.78 is 41.2. The Morgan fingerprint density at radius 1 is 1.11 bits per heavy atom. The predicted octanol–water partition coefficient (Wildman–Crippen LogP) is 3.13. The van der Waals surface area contributed by atoms with Gasteiger partial charge in [0.2, 0.25) is 0 Å². The second-order valence-corrected chi connectivity index (χ2v) is 4.23. The third kappa shape index (κ3) is 1.94. The van der Waals surface area contributed by atoms with Gasteiger partial charge >= 0.3 is 0 Å². The molecular formula is C12H12F3N3. The minimum atomic E-state index is -1.24. The van der Waals surface area contributed by atoms with E-state index in [0.29, 0.717) is 6.07 Å². The van der Waals surface area contributed by atoms with E-state index in [1.807, 2.05) is 13.8 Å². The Bertz CT molecular complexity index is 590. The van der Waals surface area contributed by atoms with Crippen molar-refractivity contribution in [3.8, 4) is 11.3 Å². The van der Waals surface area contributed by atoms with E-state index in [2.05, 4.69) is 4.98 Å². The third-order valence-electron chi connectivity index (χ3n) is 2.65. The van der Waals surface area contributed by atoms with Gasteiger partial charge in [-0.15, -0.1) is 0 Å². The van der Waals surface area contributed by atoms with Gasteiger partial charge in [-0.25, -0.2) is 18.2 Å². The molecule has 96 valence electrons. The van der Waals surface area contributed by atoms with Crippen LogP contribution >= 0.6 is 0 Å². The summed E-state index contributed by atoms with van der Waals surface area (Å²) in [7, 11) is 0. The van der Waals surface area contributed by atoms with Gasteiger partial charge in [-0.2, -0.15) is 0 Å². The van der Waals surface area contributed by atoms with Gasteiger partial charge in [-0.1, -0.05) is 0 Å². The number of benzene rings is 1. The van der Waals surface area contributed by atoms with Crippen LogP contribution in [0.5, 0.6) is 0 Å². The van der Waals surface area contributed by atoms with E-state index in [9.17, 15) is 13.2 Å². The van der Waals surface area contributed by atoms with Gasteiger partial charge in [0.1, 0.15) is 17.3 Å². The van der Waals surface area contributed by atoms with Crippen molar-refractivity contribution in [1.82, 2.24) is 9.55 Å². The molecule has 0 spiro atoms. The lowest BCUT2D eigenvalue weighted by Crippen LogP contribution is -2.04. The van der Waals surface area contributed by atoms with E-state index in [-0.39, 0.29) is 23.1 Å². The highest BCUT2D eigenvalue weighted by Gasteiger charge is 2.18. The maximum absolute atomic E-state index is 13.6. The van der Waals surface area contributed by atoms with Crippen LogP contribution in [-0.4, -0.2) is 9.55 Å². The smallest absolute Gasteiger partial charge is 0.161 e. The summed E-state index contributed by atoms with van der Waals surface area (Å²) in [6.07, 6.45) is 1.44. The summed E-state index contributed by atoms with van der Waals surface area (Å²) in [6.45, 7) is 3.76. The van der Waals surface area contributed by atoms with Crippen LogP contribution in [0.3, 0.4) is 0 Å². The Morgan fingerprint density at radius 2 is 1.72 bits per heavy atom. The number of halogens is 3. The molecule has 1 heterocycles. The SMILES string of the molecule is CC(C)n1cnc(-c2cc(F)c(F)cc2F)c1N. The van der Waals surface area contributed by atoms with Crippen molar-refractivity contribution in [2.24, 2.45) is 0 Å². The minimum absolute atomic E-state index is 0.0413. The number of nitrogen functional groups attached to an aromatic ring is 1. The molecule has 18 heavy (non-hydrogen) atoms. The van der Waals surface area contributed by atoms with Gasteiger partial charge in [0, 0.05) is 17.7 Å². The molecule has 0 unspecified atom stereocenters. The van der Waals surface area contributed by atoms with Crippen molar-refractivity contribution in [2.45, 2.75) is 19.9 Å². The van der Waals surface area contributed by atoms with Crippen molar-refractivity contribution in [2.75, 3.05) is 5.73 Å². The molecule has 3 nitrogen and oxygen atoms in total. The fraction of sp³-hybridized carbons (Fsp3) is 0.250. The first kappa shape index (κ1) is 12.5. The molecule has 1 aromatic carbocycles. The number of nitrogens with two attached hydrogens (primary N) is 1. The Morgan fingerprint density at radius 3 is 2.28 bits per heavy atom. The number of anilines is 1. The number of imidazole rings is 1. The maximum Gasteiger partial charge on any atom is 0.161 e. The largest absolute Gasteiger partial charge is 0.383 e. The molecule has 6 heteroatoms. The summed E-state index contributed by atoms with van der Waals surface area (Å²) in [5, 5.41) is 0. The molecule has 0 fully saturated rings. The van der Waals surface area contributed by atoms with E-state index in [0.717, 1.165) is 6.07 Å². The maximum atomic E-state index is 13.6. The van der Waals surface area contributed by atoms with E-state index >= 15 is 0 Å². The Kier molecular flexibility index (Phi) is 3.02. The predicted molar refractivity (Wildman–Crippen MR) is 62.3 cm³/mol. The topological polar surface area (TPSA) is 43.8 Å². The summed E-state index contributed by atoms with van der Waals surface area (Å²) in [5.74, 6) is -3.05. The molecule has 2 aromatic rings. The van der Waals surface area contributed by atoms with Crippen molar-refractivity contribution in [3.63, 3.8) is 0 Å². The highest BCUT2D eigenvalue weighted by Crippen LogP contribution is 2.29. The molecule has 0 saturated carbocycles. The number of rotatable bonds is 2. The number of nitrogens with zero attached hydrogens (tertiary/aromatic N) is 2. The lowest BCUT2D eigenvalue weighted by atomic mass is 10.1. The Hall–Kier alpha value is -1.98. The third-order valence-corrected chi connectivity index (χ3v) is 2.65. The summed E-state index contributed by atoms with van der Waals surface area (Å²) in [4.78, 5) is 3.95. The van der Waals surface area contributed by atoms with Gasteiger partial charge in [0.05, 0.1) is 6.33 Å². The zero-order chi connectivity index (χ0) is 13.4. The molecular weight excluding hydrogens is 243 g/mol. The van der Waals surface area contributed by atoms with Crippen molar-refractivity contribution >= 4 is 5.82 Å². The molecule has 0 radical (unpaired) electrons. The molecule has 0 amide bonds. The quantitative estimate of drug-likeness (QED) is 0.838. The number of hydrogen-bond donors (Lipinski definition) is 1. The Labute approximate surface area is 102 Å². The first-order valence-electron chi connectivity index (χ1n) is 5.39. The van der Waals surface area contributed by atoms with E-state index < -0.39 is 17.5 Å². The van der Waals surface area contributed by atoms with Gasteiger partial charge < -0.3 is 10.3 Å². The molecule has 1 aromatic heterocycles. The average Bonchev–Trinajstić information content (AvgIpc) is 2.66. The van der Waals surface area contributed by atoms with Crippen LogP contribution in [0.25, 0.3) is 11.3 Å². The van der Waals surface area contributed by atoms with Crippen LogP contribution in [0.15, 0.2) is 18.5 Å². The molecule has 2 rings (SSSR count). The molecule has 0 atom stereocenters. The zero-order valence-corrected chi connectivity index (χ0v) is 9.92. The van der Waals surface area contributed by atoms with Crippen LogP contribution in [-0.2, 0) is 0 Å². The minimum Gasteiger partial charge on any atom is -0.383 e. The van der Waals surface area contributed by atoms with Crippen molar-refractivity contribution in [1.29, 1.82) is 0 Å². The lowest BCUT2D eigenvalue weighted by Gasteiger charge is -2.09. The highest BCUT2D eigenvalue weighted by molar-refractivity contribution is 5.71. The summed E-state index contributed by atoms with van der Waals surface area (Å²) >= 11 is 0. The molecule has 2 N–H and O–H groups in total. The summed E-state index contributed by atoms with van der Waals surface area (Å²) in [6, 6.07) is 1.28. The Balaban J connectivity index is 2.59. The number of aromatic nitrogens is 2. The van der Waals surface area contributed by atoms with Gasteiger partial charge in [-0.3, -0.25) is 0 Å². The summed E-state index contributed by atoms with van der Waals surface area (Å²) in [5.41, 5.74) is 5.77. The van der Waals surface area contributed by atoms with Gasteiger partial charge in [0.25, 0.3) is 0 Å². The molecule has 0 aliphatic carbocycles. The van der Waals surface area contributed by atoms with Crippen molar-refractivity contribution < 1.29 is 13.2 Å². The van der Waals surface area contributed by atoms with Crippen LogP contribution in [0.1, 0.15) is 19.9 Å². The lowest BCUT2D eigenvalue weighted by molar-refractivity contribution is 0.496. The van der Waals surface area contributed by atoms with E-state index in [4.69, 9.17) is 5.73 Å². The van der Waals surface area contributed by atoms with Crippen LogP contribution in [0.4, 0.5) is 19.0 Å². The number of hydrogen-bond acceptors (Lipinski definition) is 2. The zero-order valence-electron chi connectivity index (χ0n) is 9.92. The van der Waals surface area contributed by atoms with Crippen molar-refractivity contribution in [3.05, 3.63) is 35.9 Å². The fourth-order valence-corrected chi connectivity index (χ4v) is 1.69. The van der Waals surface area contributed by atoms with E-state index in [1.54, 1.807) is 4.57 Å². The standard InChI is InChI=1S/C12H12F3N3/c1-6(2)18-5-17-11(12(18)16)7-3-9(14)10(15)4-8(7)13/h3-6H,16H2,1-2H3. The second kappa shape index (κ2) is 4.36. The van der Waals surface area contributed by atoms with Crippen LogP contribution in [0, 0.1) is 17.5 Å². The molecule has 0 aliphatic rings. The average molecular weight is 255 g/mol. The van der Waals surface area contributed by atoms with Crippen LogP contribution in [0.2, 0.25) is 0 Å². The van der Waals surface area contributed by atoms with Crippen LogP contribution < -0.4 is 5.73 Å². The van der Waals surface area contributed by atoms with Gasteiger partial charge in [0.15, 0.2) is 11.6 Å². The first-order chi connectivity index (χ1) is 8.41. The normalized spacial score (nSPS) is 11.2. The second-order valence-electron chi connectivity index (χ2n) is 4.23. The molecule has 0 saturated heterocycles.